The van der Waals surface area contributed by atoms with Crippen LogP contribution in [0.1, 0.15) is 29.2 Å². The Kier molecular flexibility index (Phi) is 4.54. The molecule has 1 aromatic heterocycles. The van der Waals surface area contributed by atoms with Gasteiger partial charge in [-0.1, -0.05) is 42.5 Å². The molecule has 5 heteroatoms. The summed E-state index contributed by atoms with van der Waals surface area (Å²) in [6, 6.07) is 17.4. The molecule has 0 fully saturated rings. The van der Waals surface area contributed by atoms with Crippen LogP contribution in [0.4, 0.5) is 0 Å². The standard InChI is InChI=1S/C21H21N3O2/c25-19-12-16-6-4-5-9-18(16)21(19)23-20(26)11-10-15-13-22-24(14-15)17-7-2-1-3-8-17/h1-9,13-14,19,21,25H,10-12H2,(H,23,26). The van der Waals surface area contributed by atoms with E-state index >= 15 is 0 Å². The number of carbonyl (C=O) groups excluding carboxylic acids is 1. The van der Waals surface area contributed by atoms with Crippen LogP contribution < -0.4 is 5.32 Å². The molecule has 2 atom stereocenters. The fourth-order valence-electron chi connectivity index (χ4n) is 3.46. The van der Waals surface area contributed by atoms with Crippen LogP contribution in [0.5, 0.6) is 0 Å². The van der Waals surface area contributed by atoms with Gasteiger partial charge in [0.2, 0.25) is 5.91 Å². The Morgan fingerprint density at radius 2 is 1.92 bits per heavy atom. The zero-order chi connectivity index (χ0) is 17.9. The summed E-state index contributed by atoms with van der Waals surface area (Å²) in [5.74, 6) is -0.0572. The first kappa shape index (κ1) is 16.5. The molecule has 0 saturated carbocycles. The molecule has 5 nitrogen and oxygen atoms in total. The van der Waals surface area contributed by atoms with E-state index in [0.29, 0.717) is 19.3 Å². The fraction of sp³-hybridized carbons (Fsp3) is 0.238. The minimum Gasteiger partial charge on any atom is -0.390 e. The highest BCUT2D eigenvalue weighted by Gasteiger charge is 2.31. The number of para-hydroxylation sites is 1. The van der Waals surface area contributed by atoms with Gasteiger partial charge in [0, 0.05) is 19.0 Å². The zero-order valence-corrected chi connectivity index (χ0v) is 14.4. The number of nitrogens with zero attached hydrogens (tertiary/aromatic N) is 2. The maximum absolute atomic E-state index is 12.4. The van der Waals surface area contributed by atoms with Gasteiger partial charge in [-0.3, -0.25) is 4.79 Å². The molecule has 0 aliphatic heterocycles. The van der Waals surface area contributed by atoms with Gasteiger partial charge in [0.05, 0.1) is 24.0 Å². The third kappa shape index (κ3) is 3.39. The van der Waals surface area contributed by atoms with Crippen LogP contribution in [0.15, 0.2) is 67.0 Å². The molecule has 2 unspecified atom stereocenters. The van der Waals surface area contributed by atoms with Crippen molar-refractivity contribution in [1.82, 2.24) is 15.1 Å². The summed E-state index contributed by atoms with van der Waals surface area (Å²) in [5.41, 5.74) is 4.13. The quantitative estimate of drug-likeness (QED) is 0.745. The van der Waals surface area contributed by atoms with Crippen molar-refractivity contribution in [2.24, 2.45) is 0 Å². The lowest BCUT2D eigenvalue weighted by Gasteiger charge is -2.17. The number of fused-ring (bicyclic) bond motifs is 1. The van der Waals surface area contributed by atoms with Crippen molar-refractivity contribution in [3.63, 3.8) is 0 Å². The Morgan fingerprint density at radius 3 is 2.77 bits per heavy atom. The Bertz CT molecular complexity index is 904. The molecule has 132 valence electrons. The second kappa shape index (κ2) is 7.14. The van der Waals surface area contributed by atoms with Gasteiger partial charge < -0.3 is 10.4 Å². The van der Waals surface area contributed by atoms with Crippen molar-refractivity contribution in [3.05, 3.63) is 83.7 Å². The number of carbonyl (C=O) groups is 1. The van der Waals surface area contributed by atoms with Crippen LogP contribution in [-0.4, -0.2) is 26.9 Å². The fourth-order valence-corrected chi connectivity index (χ4v) is 3.46. The van der Waals surface area contributed by atoms with E-state index in [4.69, 9.17) is 0 Å². The molecule has 0 radical (unpaired) electrons. The summed E-state index contributed by atoms with van der Waals surface area (Å²) in [5, 5.41) is 17.6. The van der Waals surface area contributed by atoms with Crippen LogP contribution in [0, 0.1) is 0 Å². The van der Waals surface area contributed by atoms with E-state index in [0.717, 1.165) is 22.4 Å². The average Bonchev–Trinajstić information content (AvgIpc) is 3.26. The van der Waals surface area contributed by atoms with Gasteiger partial charge in [0.15, 0.2) is 0 Å². The average molecular weight is 347 g/mol. The van der Waals surface area contributed by atoms with Crippen molar-refractivity contribution >= 4 is 5.91 Å². The predicted octanol–water partition coefficient (Wildman–Crippen LogP) is 2.58. The first-order valence-corrected chi connectivity index (χ1v) is 8.85. The lowest BCUT2D eigenvalue weighted by molar-refractivity contribution is -0.122. The molecule has 0 spiro atoms. The third-order valence-electron chi connectivity index (χ3n) is 4.82. The number of aromatic nitrogens is 2. The molecule has 1 amide bonds. The van der Waals surface area contributed by atoms with E-state index in [1.165, 1.54) is 0 Å². The molecule has 4 rings (SSSR count). The highest BCUT2D eigenvalue weighted by molar-refractivity contribution is 5.77. The van der Waals surface area contributed by atoms with Crippen LogP contribution in [0.2, 0.25) is 0 Å². The molecule has 1 aliphatic rings. The second-order valence-corrected chi connectivity index (χ2v) is 6.64. The largest absolute Gasteiger partial charge is 0.390 e. The summed E-state index contributed by atoms with van der Waals surface area (Å²) in [6.45, 7) is 0. The van der Waals surface area contributed by atoms with Gasteiger partial charge in [-0.2, -0.15) is 5.10 Å². The number of hydrogen-bond acceptors (Lipinski definition) is 3. The number of hydrogen-bond donors (Lipinski definition) is 2. The molecule has 1 heterocycles. The maximum Gasteiger partial charge on any atom is 0.220 e. The Labute approximate surface area is 152 Å². The highest BCUT2D eigenvalue weighted by Crippen LogP contribution is 2.31. The minimum absolute atomic E-state index is 0.0572. The Morgan fingerprint density at radius 1 is 1.15 bits per heavy atom. The smallest absolute Gasteiger partial charge is 0.220 e. The van der Waals surface area contributed by atoms with E-state index in [-0.39, 0.29) is 11.9 Å². The summed E-state index contributed by atoms with van der Waals surface area (Å²) in [7, 11) is 0. The first-order valence-electron chi connectivity index (χ1n) is 8.85. The third-order valence-corrected chi connectivity index (χ3v) is 4.82. The predicted molar refractivity (Wildman–Crippen MR) is 98.9 cm³/mol. The Balaban J connectivity index is 1.36. The normalized spacial score (nSPS) is 18.5. The van der Waals surface area contributed by atoms with Gasteiger partial charge in [-0.05, 0) is 35.2 Å². The number of aryl methyl sites for hydroxylation is 1. The van der Waals surface area contributed by atoms with Gasteiger partial charge in [0.1, 0.15) is 0 Å². The molecule has 0 saturated heterocycles. The van der Waals surface area contributed by atoms with Gasteiger partial charge in [-0.15, -0.1) is 0 Å². The summed E-state index contributed by atoms with van der Waals surface area (Å²) < 4.78 is 1.81. The van der Waals surface area contributed by atoms with Crippen molar-refractivity contribution in [1.29, 1.82) is 0 Å². The van der Waals surface area contributed by atoms with E-state index in [9.17, 15) is 9.90 Å². The highest BCUT2D eigenvalue weighted by atomic mass is 16.3. The van der Waals surface area contributed by atoms with E-state index in [1.54, 1.807) is 6.20 Å². The van der Waals surface area contributed by atoms with Crippen molar-refractivity contribution in [2.45, 2.75) is 31.4 Å². The molecule has 0 bridgehead atoms. The van der Waals surface area contributed by atoms with Gasteiger partial charge in [0.25, 0.3) is 0 Å². The van der Waals surface area contributed by atoms with Crippen LogP contribution in [0.25, 0.3) is 5.69 Å². The van der Waals surface area contributed by atoms with Crippen LogP contribution in [-0.2, 0) is 17.6 Å². The number of amides is 1. The topological polar surface area (TPSA) is 67.2 Å². The van der Waals surface area contributed by atoms with E-state index < -0.39 is 6.10 Å². The van der Waals surface area contributed by atoms with Crippen molar-refractivity contribution in [2.75, 3.05) is 0 Å². The van der Waals surface area contributed by atoms with Crippen molar-refractivity contribution in [3.8, 4) is 5.69 Å². The van der Waals surface area contributed by atoms with Gasteiger partial charge >= 0.3 is 0 Å². The number of benzene rings is 2. The van der Waals surface area contributed by atoms with Crippen LogP contribution >= 0.6 is 0 Å². The van der Waals surface area contributed by atoms with Crippen molar-refractivity contribution < 1.29 is 9.90 Å². The number of rotatable bonds is 5. The lowest BCUT2D eigenvalue weighted by atomic mass is 10.1. The second-order valence-electron chi connectivity index (χ2n) is 6.64. The number of nitrogens with one attached hydrogen (secondary N) is 1. The molecule has 3 aromatic rings. The first-order chi connectivity index (χ1) is 12.7. The van der Waals surface area contributed by atoms with E-state index in [1.807, 2.05) is 65.5 Å². The summed E-state index contributed by atoms with van der Waals surface area (Å²) >= 11 is 0. The molecular formula is C21H21N3O2. The van der Waals surface area contributed by atoms with Crippen LogP contribution in [0.3, 0.4) is 0 Å². The Hall–Kier alpha value is -2.92. The minimum atomic E-state index is -0.558. The zero-order valence-electron chi connectivity index (χ0n) is 14.4. The SMILES string of the molecule is O=C(CCc1cnn(-c2ccccc2)c1)NC1c2ccccc2CC1O. The van der Waals surface area contributed by atoms with E-state index in [2.05, 4.69) is 10.4 Å². The maximum atomic E-state index is 12.4. The lowest BCUT2D eigenvalue weighted by Crippen LogP contribution is -2.33. The molecular weight excluding hydrogens is 326 g/mol. The molecule has 1 aliphatic carbocycles. The van der Waals surface area contributed by atoms with Gasteiger partial charge in [-0.25, -0.2) is 4.68 Å². The summed E-state index contributed by atoms with van der Waals surface area (Å²) in [4.78, 5) is 12.4. The monoisotopic (exact) mass is 347 g/mol. The molecule has 2 N–H and O–H groups in total. The molecule has 2 aromatic carbocycles. The molecule has 26 heavy (non-hydrogen) atoms. The number of aliphatic hydroxyl groups excluding tert-OH is 1. The summed E-state index contributed by atoms with van der Waals surface area (Å²) in [6.07, 6.45) is 4.75. The number of aliphatic hydroxyl groups is 1.